The van der Waals surface area contributed by atoms with Gasteiger partial charge in [-0.1, -0.05) is 36.4 Å². The van der Waals surface area contributed by atoms with Gasteiger partial charge in [0.25, 0.3) is 0 Å². The summed E-state index contributed by atoms with van der Waals surface area (Å²) in [4.78, 5) is 17.0. The van der Waals surface area contributed by atoms with Crippen LogP contribution in [0.1, 0.15) is 24.4 Å². The zero-order chi connectivity index (χ0) is 18.2. The minimum Gasteiger partial charge on any atom is -0.439 e. The summed E-state index contributed by atoms with van der Waals surface area (Å²) in [7, 11) is 0. The van der Waals surface area contributed by atoms with Crippen molar-refractivity contribution in [2.24, 2.45) is 5.92 Å². The van der Waals surface area contributed by atoms with E-state index in [4.69, 9.17) is 9.72 Å². The molecular weight excluding hydrogens is 338 g/mol. The van der Waals surface area contributed by atoms with E-state index in [9.17, 15) is 4.79 Å². The van der Waals surface area contributed by atoms with Crippen molar-refractivity contribution in [1.29, 1.82) is 0 Å². The lowest BCUT2D eigenvalue weighted by Gasteiger charge is -2.24. The highest BCUT2D eigenvalue weighted by molar-refractivity contribution is 5.84. The quantitative estimate of drug-likeness (QED) is 0.750. The number of aromatic nitrogens is 1. The van der Waals surface area contributed by atoms with Gasteiger partial charge in [0.15, 0.2) is 0 Å². The molecule has 2 aliphatic heterocycles. The summed E-state index contributed by atoms with van der Waals surface area (Å²) in [6.45, 7) is 0.753. The first-order valence-electron chi connectivity index (χ1n) is 9.44. The molecule has 5 heteroatoms. The van der Waals surface area contributed by atoms with Gasteiger partial charge in [-0.25, -0.2) is 4.98 Å². The molecule has 136 valence electrons. The molecule has 2 aliphatic rings. The summed E-state index contributed by atoms with van der Waals surface area (Å²) in [6.07, 6.45) is 1.79. The number of carbonyl (C=O) groups excluding carboxylic acids is 1. The Balaban J connectivity index is 1.49. The topological polar surface area (TPSA) is 63.2 Å². The van der Waals surface area contributed by atoms with Gasteiger partial charge < -0.3 is 15.4 Å². The zero-order valence-electron chi connectivity index (χ0n) is 14.9. The second kappa shape index (κ2) is 6.67. The van der Waals surface area contributed by atoms with Gasteiger partial charge in [0.05, 0.1) is 11.4 Å². The predicted molar refractivity (Wildman–Crippen MR) is 104 cm³/mol. The molecule has 3 aromatic rings. The number of fused-ring (bicyclic) bond motifs is 2. The van der Waals surface area contributed by atoms with Gasteiger partial charge in [-0.2, -0.15) is 0 Å². The Hall–Kier alpha value is -2.92. The highest BCUT2D eigenvalue weighted by Gasteiger charge is 2.41. The molecule has 2 aromatic carbocycles. The van der Waals surface area contributed by atoms with Gasteiger partial charge in [0.1, 0.15) is 5.75 Å². The third kappa shape index (κ3) is 3.04. The van der Waals surface area contributed by atoms with E-state index in [0.717, 1.165) is 41.6 Å². The van der Waals surface area contributed by atoms with Gasteiger partial charge >= 0.3 is 0 Å². The van der Waals surface area contributed by atoms with Crippen LogP contribution >= 0.6 is 0 Å². The molecule has 5 rings (SSSR count). The molecule has 1 aromatic heterocycles. The summed E-state index contributed by atoms with van der Waals surface area (Å²) in [5.74, 6) is 1.56. The van der Waals surface area contributed by atoms with Crippen LogP contribution in [0.2, 0.25) is 0 Å². The normalized spacial score (nSPS) is 24.4. The fourth-order valence-electron chi connectivity index (χ4n) is 4.23. The maximum atomic E-state index is 12.2. The summed E-state index contributed by atoms with van der Waals surface area (Å²) < 4.78 is 5.92. The van der Waals surface area contributed by atoms with Gasteiger partial charge in [-0.3, -0.25) is 4.79 Å². The van der Waals surface area contributed by atoms with E-state index in [1.54, 1.807) is 0 Å². The van der Waals surface area contributed by atoms with Crippen LogP contribution in [0.5, 0.6) is 11.6 Å². The first-order chi connectivity index (χ1) is 13.3. The number of ether oxygens (including phenoxy) is 1. The van der Waals surface area contributed by atoms with E-state index in [1.165, 1.54) is 0 Å². The Bertz CT molecular complexity index is 989. The molecule has 2 saturated heterocycles. The van der Waals surface area contributed by atoms with Gasteiger partial charge in [0.2, 0.25) is 11.8 Å². The van der Waals surface area contributed by atoms with Crippen LogP contribution in [0.3, 0.4) is 0 Å². The lowest BCUT2D eigenvalue weighted by molar-refractivity contribution is -0.126. The first kappa shape index (κ1) is 16.3. The van der Waals surface area contributed by atoms with Crippen LogP contribution in [-0.4, -0.2) is 23.5 Å². The molecule has 5 nitrogen and oxygen atoms in total. The lowest BCUT2D eigenvalue weighted by atomic mass is 9.91. The smallest absolute Gasteiger partial charge is 0.224 e. The maximum Gasteiger partial charge on any atom is 0.224 e. The molecule has 0 aliphatic carbocycles. The average Bonchev–Trinajstić information content (AvgIpc) is 3.14. The van der Waals surface area contributed by atoms with Crippen LogP contribution < -0.4 is 15.4 Å². The second-order valence-electron chi connectivity index (χ2n) is 7.23. The highest BCUT2D eigenvalue weighted by Crippen LogP contribution is 2.37. The molecule has 3 heterocycles. The zero-order valence-corrected chi connectivity index (χ0v) is 14.9. The Morgan fingerprint density at radius 2 is 1.89 bits per heavy atom. The minimum atomic E-state index is 0.0442. The van der Waals surface area contributed by atoms with Crippen LogP contribution in [0.25, 0.3) is 10.9 Å². The monoisotopic (exact) mass is 359 g/mol. The minimum absolute atomic E-state index is 0.0442. The predicted octanol–water partition coefficient (Wildman–Crippen LogP) is 3.57. The molecule has 2 fully saturated rings. The third-order valence-corrected chi connectivity index (χ3v) is 5.55. The number of nitrogens with one attached hydrogen (secondary N) is 2. The molecule has 0 radical (unpaired) electrons. The molecule has 0 saturated carbocycles. The number of hydrogen-bond acceptors (Lipinski definition) is 4. The lowest BCUT2D eigenvalue weighted by Crippen LogP contribution is -2.45. The highest BCUT2D eigenvalue weighted by atomic mass is 16.5. The van der Waals surface area contributed by atoms with Gasteiger partial charge in [-0.05, 0) is 36.6 Å². The first-order valence-corrected chi connectivity index (χ1v) is 9.44. The van der Waals surface area contributed by atoms with E-state index in [-0.39, 0.29) is 23.9 Å². The number of pyridine rings is 1. The maximum absolute atomic E-state index is 12.2. The van der Waals surface area contributed by atoms with E-state index in [1.807, 2.05) is 42.5 Å². The second-order valence-corrected chi connectivity index (χ2v) is 7.23. The number of amides is 1. The standard InChI is InChI=1S/C22H21N3O2/c26-22-17-13-19(24-18(17)11-12-23-22)16-8-4-5-14-9-10-20(25-21(14)16)27-15-6-2-1-3-7-15/h1-10,17-19,24H,11-13H2,(H,23,26). The number of benzene rings is 2. The number of piperidine rings is 1. The number of carbonyl (C=O) groups is 1. The van der Waals surface area contributed by atoms with Crippen LogP contribution in [-0.2, 0) is 4.79 Å². The molecule has 0 spiro atoms. The molecule has 1 amide bonds. The van der Waals surface area contributed by atoms with Crippen LogP contribution in [0.15, 0.2) is 60.7 Å². The number of nitrogens with zero attached hydrogens (tertiary/aromatic N) is 1. The van der Waals surface area contributed by atoms with Crippen molar-refractivity contribution in [2.45, 2.75) is 24.9 Å². The Morgan fingerprint density at radius 1 is 1.00 bits per heavy atom. The van der Waals surface area contributed by atoms with Crippen molar-refractivity contribution in [2.75, 3.05) is 6.54 Å². The summed E-state index contributed by atoms with van der Waals surface area (Å²) in [6, 6.07) is 20.2. The van der Waals surface area contributed by atoms with Crippen LogP contribution in [0.4, 0.5) is 0 Å². The van der Waals surface area contributed by atoms with Crippen molar-refractivity contribution < 1.29 is 9.53 Å². The van der Waals surface area contributed by atoms with E-state index in [0.29, 0.717) is 5.88 Å². The van der Waals surface area contributed by atoms with E-state index >= 15 is 0 Å². The summed E-state index contributed by atoms with van der Waals surface area (Å²) in [5.41, 5.74) is 2.07. The van der Waals surface area contributed by atoms with Crippen molar-refractivity contribution in [3.8, 4) is 11.6 Å². The Kier molecular flexibility index (Phi) is 4.02. The Morgan fingerprint density at radius 3 is 2.74 bits per heavy atom. The summed E-state index contributed by atoms with van der Waals surface area (Å²) in [5, 5.41) is 7.72. The fourth-order valence-corrected chi connectivity index (χ4v) is 4.23. The van der Waals surface area contributed by atoms with Gasteiger partial charge in [0, 0.05) is 30.1 Å². The van der Waals surface area contributed by atoms with Crippen molar-refractivity contribution >= 4 is 16.8 Å². The number of hydrogen-bond donors (Lipinski definition) is 2. The van der Waals surface area contributed by atoms with Crippen molar-refractivity contribution in [3.05, 3.63) is 66.2 Å². The molecule has 27 heavy (non-hydrogen) atoms. The van der Waals surface area contributed by atoms with Crippen LogP contribution in [0, 0.1) is 5.92 Å². The average molecular weight is 359 g/mol. The molecular formula is C22H21N3O2. The molecule has 3 atom stereocenters. The third-order valence-electron chi connectivity index (χ3n) is 5.55. The summed E-state index contributed by atoms with van der Waals surface area (Å²) >= 11 is 0. The largest absolute Gasteiger partial charge is 0.439 e. The van der Waals surface area contributed by atoms with E-state index in [2.05, 4.69) is 28.8 Å². The SMILES string of the molecule is O=C1NCCC2NC(c3cccc4ccc(Oc5ccccc5)nc34)CC12. The Labute approximate surface area is 157 Å². The molecule has 2 N–H and O–H groups in total. The van der Waals surface area contributed by atoms with Crippen molar-refractivity contribution in [1.82, 2.24) is 15.6 Å². The van der Waals surface area contributed by atoms with Gasteiger partial charge in [-0.15, -0.1) is 0 Å². The molecule has 3 unspecified atom stereocenters. The fraction of sp³-hybridized carbons (Fsp3) is 0.273. The van der Waals surface area contributed by atoms with Crippen molar-refractivity contribution in [3.63, 3.8) is 0 Å². The number of para-hydroxylation sites is 2. The van der Waals surface area contributed by atoms with E-state index < -0.39 is 0 Å². The number of rotatable bonds is 3. The molecule has 0 bridgehead atoms.